The Balaban J connectivity index is 1.57. The number of alkyl carbamates (subject to hydrolysis) is 1. The van der Waals surface area contributed by atoms with Crippen LogP contribution in [0.25, 0.3) is 11.3 Å². The van der Waals surface area contributed by atoms with Gasteiger partial charge in [-0.3, -0.25) is 4.79 Å². The van der Waals surface area contributed by atoms with Crippen molar-refractivity contribution in [2.45, 2.75) is 45.3 Å². The fourth-order valence-corrected chi connectivity index (χ4v) is 4.01. The first-order chi connectivity index (χ1) is 16.2. The van der Waals surface area contributed by atoms with Crippen molar-refractivity contribution in [3.63, 3.8) is 0 Å². The average Bonchev–Trinajstić information content (AvgIpc) is 3.21. The van der Waals surface area contributed by atoms with Gasteiger partial charge in [0.1, 0.15) is 11.6 Å². The summed E-state index contributed by atoms with van der Waals surface area (Å²) >= 11 is 0. The minimum absolute atomic E-state index is 0.174. The zero-order valence-electron chi connectivity index (χ0n) is 19.6. The number of amides is 2. The third kappa shape index (κ3) is 5.51. The average molecular weight is 460 g/mol. The predicted molar refractivity (Wildman–Crippen MR) is 131 cm³/mol. The molecule has 2 heterocycles. The van der Waals surface area contributed by atoms with Crippen molar-refractivity contribution in [3.05, 3.63) is 71.9 Å². The monoisotopic (exact) mass is 459 g/mol. The first-order valence-electron chi connectivity index (χ1n) is 11.3. The first kappa shape index (κ1) is 23.2. The maximum Gasteiger partial charge on any atom is 0.408 e. The molecule has 176 valence electrons. The molecular formula is C26H29N5O3. The van der Waals surface area contributed by atoms with Gasteiger partial charge in [0, 0.05) is 30.4 Å². The minimum Gasteiger partial charge on any atom is -0.444 e. The number of aromatic nitrogens is 2. The molecule has 34 heavy (non-hydrogen) atoms. The highest BCUT2D eigenvalue weighted by Crippen LogP contribution is 2.32. The number of carbonyl (C=O) groups excluding carboxylic acids is 2. The Bertz CT molecular complexity index is 1190. The van der Waals surface area contributed by atoms with E-state index in [9.17, 15) is 9.59 Å². The topological polar surface area (TPSA) is 110 Å². The maximum absolute atomic E-state index is 13.6. The number of ether oxygens (including phenoxy) is 1. The largest absolute Gasteiger partial charge is 0.444 e. The molecule has 0 radical (unpaired) electrons. The summed E-state index contributed by atoms with van der Waals surface area (Å²) in [6.07, 6.45) is 2.08. The molecule has 0 saturated carbocycles. The second kappa shape index (κ2) is 9.51. The van der Waals surface area contributed by atoms with Gasteiger partial charge in [-0.25, -0.2) is 14.8 Å². The van der Waals surface area contributed by atoms with E-state index in [2.05, 4.69) is 15.3 Å². The van der Waals surface area contributed by atoms with Crippen LogP contribution in [0, 0.1) is 0 Å². The summed E-state index contributed by atoms with van der Waals surface area (Å²) in [4.78, 5) is 36.1. The Hall–Kier alpha value is -3.94. The van der Waals surface area contributed by atoms with Crippen LogP contribution in [0.15, 0.2) is 60.8 Å². The van der Waals surface area contributed by atoms with E-state index in [-0.39, 0.29) is 11.9 Å². The molecule has 0 aliphatic carbocycles. The van der Waals surface area contributed by atoms with E-state index in [4.69, 9.17) is 10.5 Å². The van der Waals surface area contributed by atoms with Gasteiger partial charge in [0.15, 0.2) is 0 Å². The number of nitrogens with two attached hydrogens (primary N) is 1. The highest BCUT2D eigenvalue weighted by Gasteiger charge is 2.32. The Kier molecular flexibility index (Phi) is 6.49. The minimum atomic E-state index is -0.760. The molecule has 0 unspecified atom stereocenters. The molecule has 1 atom stereocenters. The van der Waals surface area contributed by atoms with Crippen molar-refractivity contribution in [2.24, 2.45) is 0 Å². The van der Waals surface area contributed by atoms with Crippen molar-refractivity contribution in [2.75, 3.05) is 17.2 Å². The third-order valence-corrected chi connectivity index (χ3v) is 5.48. The summed E-state index contributed by atoms with van der Waals surface area (Å²) in [5.41, 5.74) is 9.53. The lowest BCUT2D eigenvalue weighted by molar-refractivity contribution is -0.120. The van der Waals surface area contributed by atoms with Gasteiger partial charge in [-0.15, -0.1) is 0 Å². The van der Waals surface area contributed by atoms with Gasteiger partial charge >= 0.3 is 6.09 Å². The summed E-state index contributed by atoms with van der Waals surface area (Å²) in [5.74, 6) is 0.0410. The van der Waals surface area contributed by atoms with Crippen LogP contribution in [-0.2, 0) is 22.4 Å². The molecule has 0 spiro atoms. The third-order valence-electron chi connectivity index (χ3n) is 5.48. The molecule has 1 aliphatic heterocycles. The number of fused-ring (bicyclic) bond motifs is 1. The Morgan fingerprint density at radius 3 is 2.62 bits per heavy atom. The van der Waals surface area contributed by atoms with Gasteiger partial charge in [-0.05, 0) is 56.5 Å². The van der Waals surface area contributed by atoms with Crippen molar-refractivity contribution in [1.29, 1.82) is 0 Å². The maximum atomic E-state index is 13.6. The van der Waals surface area contributed by atoms with Crippen LogP contribution < -0.4 is 16.0 Å². The van der Waals surface area contributed by atoms with E-state index in [0.29, 0.717) is 19.4 Å². The number of nitrogens with zero attached hydrogens (tertiary/aromatic N) is 3. The SMILES string of the molecule is CC(C)(C)OC(=O)N[C@H](Cc1ccccc1)C(=O)N1CCc2cc(-c3ccnc(N)n3)ccc21. The van der Waals surface area contributed by atoms with E-state index >= 15 is 0 Å². The van der Waals surface area contributed by atoms with Crippen molar-refractivity contribution >= 4 is 23.6 Å². The standard InChI is InChI=1S/C26H29N5O3/c1-26(2,3)34-25(33)30-21(15-17-7-5-4-6-8-17)23(32)31-14-12-19-16-18(9-10-22(19)31)20-11-13-28-24(27)29-20/h4-11,13,16,21H,12,14-15H2,1-3H3,(H,30,33)(H2,27,28,29)/t21-/m1/s1. The lowest BCUT2D eigenvalue weighted by atomic mass is 10.0. The van der Waals surface area contributed by atoms with Crippen LogP contribution in [0.3, 0.4) is 0 Å². The summed E-state index contributed by atoms with van der Waals surface area (Å²) in [5, 5.41) is 2.79. The van der Waals surface area contributed by atoms with Crippen LogP contribution in [-0.4, -0.2) is 40.2 Å². The van der Waals surface area contributed by atoms with Crippen LogP contribution in [0.1, 0.15) is 31.9 Å². The van der Waals surface area contributed by atoms with Gasteiger partial charge in [-0.1, -0.05) is 36.4 Å². The second-order valence-electron chi connectivity index (χ2n) is 9.27. The lowest BCUT2D eigenvalue weighted by Gasteiger charge is -2.27. The number of benzene rings is 2. The lowest BCUT2D eigenvalue weighted by Crippen LogP contribution is -2.50. The Labute approximate surface area is 199 Å². The van der Waals surface area contributed by atoms with Crippen LogP contribution in [0.2, 0.25) is 0 Å². The molecule has 1 aromatic heterocycles. The van der Waals surface area contributed by atoms with Crippen molar-refractivity contribution < 1.29 is 14.3 Å². The number of carbonyl (C=O) groups is 2. The number of rotatable bonds is 5. The fourth-order valence-electron chi connectivity index (χ4n) is 4.01. The molecule has 0 bridgehead atoms. The molecule has 8 heteroatoms. The smallest absolute Gasteiger partial charge is 0.408 e. The van der Waals surface area contributed by atoms with E-state index in [1.807, 2.05) is 48.5 Å². The quantitative estimate of drug-likeness (QED) is 0.601. The number of nitrogen functional groups attached to an aromatic ring is 1. The highest BCUT2D eigenvalue weighted by atomic mass is 16.6. The highest BCUT2D eigenvalue weighted by molar-refractivity contribution is 6.00. The van der Waals surface area contributed by atoms with Gasteiger partial charge in [-0.2, -0.15) is 0 Å². The number of hydrogen-bond acceptors (Lipinski definition) is 6. The normalized spacial score (nSPS) is 13.8. The summed E-state index contributed by atoms with van der Waals surface area (Å²) in [6.45, 7) is 5.91. The molecule has 1 aliphatic rings. The van der Waals surface area contributed by atoms with Crippen molar-refractivity contribution in [1.82, 2.24) is 15.3 Å². The van der Waals surface area contributed by atoms with Crippen LogP contribution in [0.4, 0.5) is 16.4 Å². The number of hydrogen-bond donors (Lipinski definition) is 2. The molecule has 2 amide bonds. The molecular weight excluding hydrogens is 430 g/mol. The van der Waals surface area contributed by atoms with Gasteiger partial charge in [0.2, 0.25) is 11.9 Å². The summed E-state index contributed by atoms with van der Waals surface area (Å²) < 4.78 is 5.42. The molecule has 0 fully saturated rings. The molecule has 2 aromatic carbocycles. The molecule has 4 rings (SSSR count). The number of nitrogens with one attached hydrogen (secondary N) is 1. The molecule has 3 aromatic rings. The predicted octanol–water partition coefficient (Wildman–Crippen LogP) is 3.75. The summed E-state index contributed by atoms with van der Waals surface area (Å²) in [6, 6.07) is 16.5. The zero-order chi connectivity index (χ0) is 24.3. The number of anilines is 2. The Morgan fingerprint density at radius 1 is 1.15 bits per heavy atom. The van der Waals surface area contributed by atoms with Gasteiger partial charge < -0.3 is 20.7 Å². The van der Waals surface area contributed by atoms with Crippen LogP contribution >= 0.6 is 0 Å². The molecule has 0 saturated heterocycles. The van der Waals surface area contributed by atoms with Gasteiger partial charge in [0.05, 0.1) is 5.69 Å². The van der Waals surface area contributed by atoms with E-state index in [1.54, 1.807) is 37.9 Å². The summed E-state index contributed by atoms with van der Waals surface area (Å²) in [7, 11) is 0. The fraction of sp³-hybridized carbons (Fsp3) is 0.308. The zero-order valence-corrected chi connectivity index (χ0v) is 19.6. The van der Waals surface area contributed by atoms with E-state index in [0.717, 1.165) is 28.1 Å². The van der Waals surface area contributed by atoms with Gasteiger partial charge in [0.25, 0.3) is 0 Å². The Morgan fingerprint density at radius 2 is 1.91 bits per heavy atom. The molecule has 8 nitrogen and oxygen atoms in total. The van der Waals surface area contributed by atoms with Crippen LogP contribution in [0.5, 0.6) is 0 Å². The first-order valence-corrected chi connectivity index (χ1v) is 11.3. The van der Waals surface area contributed by atoms with E-state index < -0.39 is 17.7 Å². The second-order valence-corrected chi connectivity index (χ2v) is 9.27. The van der Waals surface area contributed by atoms with E-state index in [1.165, 1.54) is 0 Å². The molecule has 3 N–H and O–H groups in total. The van der Waals surface area contributed by atoms with Crippen molar-refractivity contribution in [3.8, 4) is 11.3 Å².